The van der Waals surface area contributed by atoms with Gasteiger partial charge in [-0.2, -0.15) is 5.10 Å². The van der Waals surface area contributed by atoms with Crippen molar-refractivity contribution < 1.29 is 0 Å². The zero-order valence-corrected chi connectivity index (χ0v) is 13.1. The van der Waals surface area contributed by atoms with Crippen LogP contribution in [0, 0.1) is 13.8 Å². The molecule has 5 nitrogen and oxygen atoms in total. The molecule has 0 saturated carbocycles. The number of nitrogens with zero attached hydrogens (tertiary/aromatic N) is 5. The van der Waals surface area contributed by atoms with E-state index in [9.17, 15) is 0 Å². The lowest BCUT2D eigenvalue weighted by Gasteiger charge is -2.06. The SMILES string of the molecule is Cc1cc(C)n(-c2ccc(CSc3nncn3C)cc2)n1. The topological polar surface area (TPSA) is 48.5 Å². The Balaban J connectivity index is 1.72. The van der Waals surface area contributed by atoms with Crippen LogP contribution in [0.25, 0.3) is 5.69 Å². The lowest BCUT2D eigenvalue weighted by Crippen LogP contribution is -1.99. The molecule has 2 aromatic heterocycles. The third kappa shape index (κ3) is 3.00. The van der Waals surface area contributed by atoms with Crippen LogP contribution in [0.2, 0.25) is 0 Å². The Labute approximate surface area is 128 Å². The Bertz CT molecular complexity index is 742. The number of rotatable bonds is 4. The maximum atomic E-state index is 4.50. The molecule has 0 amide bonds. The molecule has 1 aromatic carbocycles. The van der Waals surface area contributed by atoms with Crippen LogP contribution >= 0.6 is 11.8 Å². The van der Waals surface area contributed by atoms with Crippen molar-refractivity contribution in [1.82, 2.24) is 24.5 Å². The van der Waals surface area contributed by atoms with Crippen molar-refractivity contribution in [2.45, 2.75) is 24.8 Å². The van der Waals surface area contributed by atoms with Gasteiger partial charge in [-0.15, -0.1) is 10.2 Å². The third-order valence-corrected chi connectivity index (χ3v) is 4.33. The Morgan fingerprint density at radius 1 is 1.14 bits per heavy atom. The van der Waals surface area contributed by atoms with Crippen molar-refractivity contribution in [3.63, 3.8) is 0 Å². The third-order valence-electron chi connectivity index (χ3n) is 3.23. The van der Waals surface area contributed by atoms with Crippen LogP contribution in [0.1, 0.15) is 17.0 Å². The number of hydrogen-bond acceptors (Lipinski definition) is 4. The zero-order chi connectivity index (χ0) is 14.8. The molecule has 6 heteroatoms. The van der Waals surface area contributed by atoms with Crippen LogP contribution in [0.5, 0.6) is 0 Å². The molecule has 0 aliphatic carbocycles. The van der Waals surface area contributed by atoms with Gasteiger partial charge in [0.25, 0.3) is 0 Å². The molecule has 2 heterocycles. The van der Waals surface area contributed by atoms with Gasteiger partial charge in [-0.25, -0.2) is 4.68 Å². The van der Waals surface area contributed by atoms with Crippen molar-refractivity contribution >= 4 is 11.8 Å². The molecule has 0 radical (unpaired) electrons. The van der Waals surface area contributed by atoms with Crippen molar-refractivity contribution in [1.29, 1.82) is 0 Å². The molecular formula is C15H17N5S. The predicted octanol–water partition coefficient (Wildman–Crippen LogP) is 2.91. The number of hydrogen-bond donors (Lipinski definition) is 0. The van der Waals surface area contributed by atoms with Crippen LogP contribution in [0.15, 0.2) is 41.8 Å². The molecule has 3 aromatic rings. The van der Waals surface area contributed by atoms with Gasteiger partial charge in [-0.05, 0) is 37.6 Å². The molecule has 0 N–H and O–H groups in total. The Hall–Kier alpha value is -2.08. The van der Waals surface area contributed by atoms with Crippen LogP contribution in [-0.4, -0.2) is 24.5 Å². The maximum Gasteiger partial charge on any atom is 0.191 e. The highest BCUT2D eigenvalue weighted by Crippen LogP contribution is 2.21. The second-order valence-electron chi connectivity index (χ2n) is 5.02. The fourth-order valence-electron chi connectivity index (χ4n) is 2.17. The van der Waals surface area contributed by atoms with Crippen LogP contribution in [0.4, 0.5) is 0 Å². The fourth-order valence-corrected chi connectivity index (χ4v) is 3.02. The largest absolute Gasteiger partial charge is 0.312 e. The van der Waals surface area contributed by atoms with E-state index in [0.717, 1.165) is 28.0 Å². The molecule has 0 saturated heterocycles. The van der Waals surface area contributed by atoms with Crippen molar-refractivity contribution in [3.05, 3.63) is 53.6 Å². The number of benzene rings is 1. The van der Waals surface area contributed by atoms with Gasteiger partial charge in [0.05, 0.1) is 11.4 Å². The standard InChI is InChI=1S/C15H17N5S/c1-11-8-12(2)20(18-11)14-6-4-13(5-7-14)9-21-15-17-16-10-19(15)3/h4-8,10H,9H2,1-3H3. The average molecular weight is 299 g/mol. The van der Waals surface area contributed by atoms with E-state index in [1.807, 2.05) is 23.2 Å². The molecule has 0 aliphatic heterocycles. The first-order valence-corrected chi connectivity index (χ1v) is 7.71. The van der Waals surface area contributed by atoms with Gasteiger partial charge in [-0.1, -0.05) is 23.9 Å². The van der Waals surface area contributed by atoms with E-state index in [-0.39, 0.29) is 0 Å². The summed E-state index contributed by atoms with van der Waals surface area (Å²) >= 11 is 1.68. The summed E-state index contributed by atoms with van der Waals surface area (Å²) in [6.07, 6.45) is 1.72. The minimum absolute atomic E-state index is 0.879. The van der Waals surface area contributed by atoms with E-state index in [4.69, 9.17) is 0 Å². The molecular weight excluding hydrogens is 282 g/mol. The minimum atomic E-state index is 0.879. The highest BCUT2D eigenvalue weighted by Gasteiger charge is 2.05. The molecule has 108 valence electrons. The first-order chi connectivity index (χ1) is 10.1. The van der Waals surface area contributed by atoms with Gasteiger partial charge in [0.15, 0.2) is 5.16 Å². The second kappa shape index (κ2) is 5.73. The van der Waals surface area contributed by atoms with Crippen molar-refractivity contribution in [2.24, 2.45) is 7.05 Å². The van der Waals surface area contributed by atoms with E-state index in [1.54, 1.807) is 18.1 Å². The van der Waals surface area contributed by atoms with E-state index in [0.29, 0.717) is 0 Å². The predicted molar refractivity (Wildman–Crippen MR) is 83.6 cm³/mol. The van der Waals surface area contributed by atoms with E-state index < -0.39 is 0 Å². The molecule has 0 aliphatic rings. The van der Waals surface area contributed by atoms with Gasteiger partial charge in [0.1, 0.15) is 6.33 Å². The Morgan fingerprint density at radius 2 is 1.90 bits per heavy atom. The minimum Gasteiger partial charge on any atom is -0.312 e. The summed E-state index contributed by atoms with van der Waals surface area (Å²) in [6, 6.07) is 10.6. The summed E-state index contributed by atoms with van der Waals surface area (Å²) in [5, 5.41) is 13.4. The average Bonchev–Trinajstić information content (AvgIpc) is 3.03. The Kier molecular flexibility index (Phi) is 3.79. The van der Waals surface area contributed by atoms with Crippen molar-refractivity contribution in [3.8, 4) is 5.69 Å². The molecule has 3 rings (SSSR count). The summed E-state index contributed by atoms with van der Waals surface area (Å²) in [5.74, 6) is 0.879. The number of thioether (sulfide) groups is 1. The first-order valence-electron chi connectivity index (χ1n) is 6.73. The fraction of sp³-hybridized carbons (Fsp3) is 0.267. The van der Waals surface area contributed by atoms with Crippen molar-refractivity contribution in [2.75, 3.05) is 0 Å². The quantitative estimate of drug-likeness (QED) is 0.695. The summed E-state index contributed by atoms with van der Waals surface area (Å²) in [5.41, 5.74) is 4.53. The summed E-state index contributed by atoms with van der Waals surface area (Å²) < 4.78 is 3.89. The highest BCUT2D eigenvalue weighted by atomic mass is 32.2. The van der Waals surface area contributed by atoms with Crippen LogP contribution in [0.3, 0.4) is 0 Å². The smallest absolute Gasteiger partial charge is 0.191 e. The monoisotopic (exact) mass is 299 g/mol. The molecule has 0 atom stereocenters. The number of aryl methyl sites for hydroxylation is 3. The summed E-state index contributed by atoms with van der Waals surface area (Å²) in [6.45, 7) is 4.08. The number of aromatic nitrogens is 5. The van der Waals surface area contributed by atoms with Gasteiger partial charge in [0, 0.05) is 18.5 Å². The molecule has 0 bridgehead atoms. The second-order valence-corrected chi connectivity index (χ2v) is 5.96. The molecule has 0 spiro atoms. The lowest BCUT2D eigenvalue weighted by atomic mass is 10.2. The van der Waals surface area contributed by atoms with E-state index in [2.05, 4.69) is 52.6 Å². The maximum absolute atomic E-state index is 4.50. The van der Waals surface area contributed by atoms with E-state index >= 15 is 0 Å². The van der Waals surface area contributed by atoms with Gasteiger partial charge < -0.3 is 4.57 Å². The van der Waals surface area contributed by atoms with Gasteiger partial charge >= 0.3 is 0 Å². The van der Waals surface area contributed by atoms with Crippen LogP contribution in [-0.2, 0) is 12.8 Å². The summed E-state index contributed by atoms with van der Waals surface area (Å²) in [7, 11) is 1.95. The summed E-state index contributed by atoms with van der Waals surface area (Å²) in [4.78, 5) is 0. The normalized spacial score (nSPS) is 11.0. The first kappa shape index (κ1) is 13.9. The van der Waals surface area contributed by atoms with Gasteiger partial charge in [0.2, 0.25) is 0 Å². The molecule has 21 heavy (non-hydrogen) atoms. The molecule has 0 fully saturated rings. The van der Waals surface area contributed by atoms with E-state index in [1.165, 1.54) is 5.56 Å². The zero-order valence-electron chi connectivity index (χ0n) is 12.3. The lowest BCUT2D eigenvalue weighted by molar-refractivity contribution is 0.788. The van der Waals surface area contributed by atoms with Crippen LogP contribution < -0.4 is 0 Å². The van der Waals surface area contributed by atoms with Gasteiger partial charge in [-0.3, -0.25) is 0 Å². The molecule has 0 unspecified atom stereocenters. The highest BCUT2D eigenvalue weighted by molar-refractivity contribution is 7.98. The Morgan fingerprint density at radius 3 is 2.48 bits per heavy atom.